The SMILES string of the molecule is CCCc1ccccc1Nc1ncc(C(F)(F)F)c(OCc2ccccc2)n1. The van der Waals surface area contributed by atoms with E-state index >= 15 is 0 Å². The molecule has 0 aliphatic heterocycles. The summed E-state index contributed by atoms with van der Waals surface area (Å²) in [7, 11) is 0. The quantitative estimate of drug-likeness (QED) is 0.559. The standard InChI is InChI=1S/C21H20F3N3O/c1-2-8-16-11-6-7-12-18(16)26-20-25-13-17(21(22,23)24)19(27-20)28-14-15-9-4-3-5-10-15/h3-7,9-13H,2,8,14H2,1H3,(H,25,26,27). The third-order valence-corrected chi connectivity index (χ3v) is 4.06. The van der Waals surface area contributed by atoms with Gasteiger partial charge in [0.15, 0.2) is 0 Å². The molecule has 28 heavy (non-hydrogen) atoms. The molecule has 1 aromatic heterocycles. The van der Waals surface area contributed by atoms with Crippen LogP contribution in [0.3, 0.4) is 0 Å². The van der Waals surface area contributed by atoms with Crippen molar-refractivity contribution in [3.05, 3.63) is 77.5 Å². The number of hydrogen-bond donors (Lipinski definition) is 1. The predicted molar refractivity (Wildman–Crippen MR) is 102 cm³/mol. The Kier molecular flexibility index (Phi) is 6.13. The minimum atomic E-state index is -4.61. The zero-order valence-corrected chi connectivity index (χ0v) is 15.3. The Labute approximate surface area is 161 Å². The van der Waals surface area contributed by atoms with Crippen LogP contribution < -0.4 is 10.1 Å². The lowest BCUT2D eigenvalue weighted by Gasteiger charge is -2.15. The normalized spacial score (nSPS) is 11.3. The number of alkyl halides is 3. The first-order valence-electron chi connectivity index (χ1n) is 8.93. The maximum atomic E-state index is 13.3. The Hall–Kier alpha value is -3.09. The molecule has 0 aliphatic rings. The molecule has 0 atom stereocenters. The average molecular weight is 387 g/mol. The van der Waals surface area contributed by atoms with E-state index in [4.69, 9.17) is 4.74 Å². The second-order valence-corrected chi connectivity index (χ2v) is 6.22. The van der Waals surface area contributed by atoms with Gasteiger partial charge in [-0.15, -0.1) is 0 Å². The summed E-state index contributed by atoms with van der Waals surface area (Å²) in [5.41, 5.74) is 1.55. The zero-order valence-electron chi connectivity index (χ0n) is 15.3. The molecular weight excluding hydrogens is 367 g/mol. The molecule has 1 N–H and O–H groups in total. The smallest absolute Gasteiger partial charge is 0.423 e. The summed E-state index contributed by atoms with van der Waals surface area (Å²) >= 11 is 0. The van der Waals surface area contributed by atoms with E-state index in [1.807, 2.05) is 30.3 Å². The molecule has 0 unspecified atom stereocenters. The van der Waals surface area contributed by atoms with Crippen LogP contribution in [0.4, 0.5) is 24.8 Å². The van der Waals surface area contributed by atoms with E-state index in [0.29, 0.717) is 0 Å². The molecule has 3 rings (SSSR count). The Balaban J connectivity index is 1.87. The molecule has 0 fully saturated rings. The van der Waals surface area contributed by atoms with Gasteiger partial charge in [0.2, 0.25) is 11.8 Å². The number of aryl methyl sites for hydroxylation is 1. The fourth-order valence-corrected chi connectivity index (χ4v) is 2.71. The highest BCUT2D eigenvalue weighted by atomic mass is 19.4. The highest BCUT2D eigenvalue weighted by Gasteiger charge is 2.36. The van der Waals surface area contributed by atoms with E-state index in [-0.39, 0.29) is 12.6 Å². The van der Waals surface area contributed by atoms with E-state index in [1.54, 1.807) is 24.3 Å². The number of nitrogens with one attached hydrogen (secondary N) is 1. The number of para-hydroxylation sites is 1. The first kappa shape index (κ1) is 19.7. The lowest BCUT2D eigenvalue weighted by molar-refractivity contribution is -0.139. The Morgan fingerprint density at radius 3 is 2.43 bits per heavy atom. The zero-order chi connectivity index (χ0) is 20.0. The van der Waals surface area contributed by atoms with Crippen LogP contribution in [-0.4, -0.2) is 9.97 Å². The molecule has 146 valence electrons. The largest absolute Gasteiger partial charge is 0.472 e. The molecule has 1 heterocycles. The van der Waals surface area contributed by atoms with Crippen molar-refractivity contribution in [2.24, 2.45) is 0 Å². The van der Waals surface area contributed by atoms with Crippen LogP contribution in [0.5, 0.6) is 5.88 Å². The number of hydrogen-bond acceptors (Lipinski definition) is 4. The van der Waals surface area contributed by atoms with Crippen LogP contribution in [0.15, 0.2) is 60.8 Å². The fraction of sp³-hybridized carbons (Fsp3) is 0.238. The van der Waals surface area contributed by atoms with Crippen LogP contribution >= 0.6 is 0 Å². The van der Waals surface area contributed by atoms with Crippen molar-refractivity contribution in [1.29, 1.82) is 0 Å². The number of rotatable bonds is 7. The highest BCUT2D eigenvalue weighted by molar-refractivity contribution is 5.59. The van der Waals surface area contributed by atoms with E-state index in [9.17, 15) is 13.2 Å². The van der Waals surface area contributed by atoms with Gasteiger partial charge in [0.25, 0.3) is 0 Å². The van der Waals surface area contributed by atoms with Gasteiger partial charge in [0.1, 0.15) is 12.2 Å². The number of benzene rings is 2. The van der Waals surface area contributed by atoms with Crippen molar-refractivity contribution in [3.63, 3.8) is 0 Å². The van der Waals surface area contributed by atoms with Crippen molar-refractivity contribution in [3.8, 4) is 5.88 Å². The van der Waals surface area contributed by atoms with Crippen molar-refractivity contribution in [2.75, 3.05) is 5.32 Å². The van der Waals surface area contributed by atoms with Crippen LogP contribution in [-0.2, 0) is 19.2 Å². The summed E-state index contributed by atoms with van der Waals surface area (Å²) in [6.45, 7) is 2.04. The molecule has 0 bridgehead atoms. The molecule has 3 aromatic rings. The Morgan fingerprint density at radius 2 is 1.71 bits per heavy atom. The van der Waals surface area contributed by atoms with E-state index in [0.717, 1.165) is 35.9 Å². The van der Waals surface area contributed by atoms with Crippen molar-refractivity contribution in [1.82, 2.24) is 9.97 Å². The summed E-state index contributed by atoms with van der Waals surface area (Å²) in [6, 6.07) is 16.5. The van der Waals surface area contributed by atoms with Crippen LogP contribution in [0.1, 0.15) is 30.0 Å². The molecule has 0 saturated heterocycles. The Morgan fingerprint density at radius 1 is 1.00 bits per heavy atom. The van der Waals surface area contributed by atoms with E-state index in [1.165, 1.54) is 0 Å². The van der Waals surface area contributed by atoms with Gasteiger partial charge in [0, 0.05) is 11.9 Å². The van der Waals surface area contributed by atoms with E-state index in [2.05, 4.69) is 22.2 Å². The van der Waals surface area contributed by atoms with E-state index < -0.39 is 17.6 Å². The first-order chi connectivity index (χ1) is 13.5. The molecule has 0 amide bonds. The number of halogens is 3. The van der Waals surface area contributed by atoms with Crippen molar-refractivity contribution >= 4 is 11.6 Å². The number of anilines is 2. The minimum absolute atomic E-state index is 0.0210. The second-order valence-electron chi connectivity index (χ2n) is 6.22. The summed E-state index contributed by atoms with van der Waals surface area (Å²) in [6.07, 6.45) is -2.08. The topological polar surface area (TPSA) is 47.0 Å². The molecule has 0 radical (unpaired) electrons. The summed E-state index contributed by atoms with van der Waals surface area (Å²) in [5.74, 6) is -0.443. The lowest BCUT2D eigenvalue weighted by Crippen LogP contribution is -2.12. The van der Waals surface area contributed by atoms with Gasteiger partial charge in [0.05, 0.1) is 0 Å². The molecular formula is C21H20F3N3O. The van der Waals surface area contributed by atoms with Gasteiger partial charge < -0.3 is 10.1 Å². The molecule has 0 saturated carbocycles. The summed E-state index contributed by atoms with van der Waals surface area (Å²) < 4.78 is 45.3. The average Bonchev–Trinajstić information content (AvgIpc) is 2.68. The van der Waals surface area contributed by atoms with Gasteiger partial charge in [-0.3, -0.25) is 0 Å². The van der Waals surface area contributed by atoms with Crippen molar-refractivity contribution in [2.45, 2.75) is 32.5 Å². The van der Waals surface area contributed by atoms with Gasteiger partial charge in [-0.25, -0.2) is 4.98 Å². The second kappa shape index (κ2) is 8.73. The molecule has 0 aliphatic carbocycles. The predicted octanol–water partition coefficient (Wildman–Crippen LogP) is 5.77. The van der Waals surface area contributed by atoms with Crippen LogP contribution in [0.2, 0.25) is 0 Å². The van der Waals surface area contributed by atoms with Crippen molar-refractivity contribution < 1.29 is 17.9 Å². The maximum absolute atomic E-state index is 13.3. The highest BCUT2D eigenvalue weighted by Crippen LogP contribution is 2.35. The summed E-state index contributed by atoms with van der Waals surface area (Å²) in [5, 5.41) is 3.01. The fourth-order valence-electron chi connectivity index (χ4n) is 2.71. The first-order valence-corrected chi connectivity index (χ1v) is 8.93. The number of nitrogens with zero attached hydrogens (tertiary/aromatic N) is 2. The summed E-state index contributed by atoms with van der Waals surface area (Å²) in [4.78, 5) is 7.82. The van der Waals surface area contributed by atoms with Gasteiger partial charge in [-0.05, 0) is 23.6 Å². The Bertz CT molecular complexity index is 914. The lowest BCUT2D eigenvalue weighted by atomic mass is 10.1. The third kappa shape index (κ3) is 5.00. The molecule has 4 nitrogen and oxygen atoms in total. The molecule has 7 heteroatoms. The number of aromatic nitrogens is 2. The van der Waals surface area contributed by atoms with Gasteiger partial charge in [-0.2, -0.15) is 18.2 Å². The maximum Gasteiger partial charge on any atom is 0.423 e. The monoisotopic (exact) mass is 387 g/mol. The number of ether oxygens (including phenoxy) is 1. The third-order valence-electron chi connectivity index (χ3n) is 4.06. The van der Waals surface area contributed by atoms with Crippen LogP contribution in [0.25, 0.3) is 0 Å². The van der Waals surface area contributed by atoms with Gasteiger partial charge >= 0.3 is 6.18 Å². The van der Waals surface area contributed by atoms with Gasteiger partial charge in [-0.1, -0.05) is 61.9 Å². The van der Waals surface area contributed by atoms with Crippen LogP contribution in [0, 0.1) is 0 Å². The molecule has 2 aromatic carbocycles. The minimum Gasteiger partial charge on any atom is -0.472 e. The molecule has 0 spiro atoms.